The lowest BCUT2D eigenvalue weighted by Crippen LogP contribution is -2.52. The van der Waals surface area contributed by atoms with Gasteiger partial charge in [0, 0.05) is 31.0 Å². The van der Waals surface area contributed by atoms with E-state index in [2.05, 4.69) is 60.4 Å². The Kier molecular flexibility index (Phi) is 12.5. The van der Waals surface area contributed by atoms with Crippen molar-refractivity contribution in [2.45, 2.75) is 114 Å². The van der Waals surface area contributed by atoms with Gasteiger partial charge in [0.2, 0.25) is 5.91 Å². The van der Waals surface area contributed by atoms with Crippen molar-refractivity contribution in [3.8, 4) is 0 Å². The van der Waals surface area contributed by atoms with E-state index >= 15 is 0 Å². The fourth-order valence-electron chi connectivity index (χ4n) is 5.83. The zero-order valence-electron chi connectivity index (χ0n) is 25.6. The Morgan fingerprint density at radius 3 is 2.24 bits per heavy atom. The number of benzene rings is 2. The smallest absolute Gasteiger partial charge is 0.305 e. The molecule has 1 aliphatic carbocycles. The third-order valence-corrected chi connectivity index (χ3v) is 8.34. The van der Waals surface area contributed by atoms with Crippen molar-refractivity contribution < 1.29 is 28.2 Å². The normalized spacial score (nSPS) is 16.7. The van der Waals surface area contributed by atoms with E-state index in [-0.39, 0.29) is 48.6 Å². The molecule has 3 N–H and O–H groups in total. The predicted molar refractivity (Wildman–Crippen MR) is 161 cm³/mol. The van der Waals surface area contributed by atoms with Crippen molar-refractivity contribution in [2.75, 3.05) is 13.7 Å². The largest absolute Gasteiger partial charge is 0.469 e. The summed E-state index contributed by atoms with van der Waals surface area (Å²) in [6, 6.07) is 11.2. The van der Waals surface area contributed by atoms with Crippen LogP contribution in [0.2, 0.25) is 0 Å². The maximum atomic E-state index is 14.0. The van der Waals surface area contributed by atoms with E-state index in [1.165, 1.54) is 30.4 Å². The first-order valence-electron chi connectivity index (χ1n) is 15.3. The van der Waals surface area contributed by atoms with Crippen LogP contribution in [0.3, 0.4) is 0 Å². The zero-order valence-corrected chi connectivity index (χ0v) is 25.6. The molecule has 2 aromatic rings. The molecular weight excluding hydrogens is 538 g/mol. The number of hydrogen-bond donors (Lipinski definition) is 3. The quantitative estimate of drug-likeness (QED) is 0.147. The molecule has 0 heterocycles. The molecule has 42 heavy (non-hydrogen) atoms. The number of aliphatic hydroxyl groups excluding tert-OH is 1. The average molecular weight is 587 g/mol. The van der Waals surface area contributed by atoms with Gasteiger partial charge in [0.05, 0.1) is 19.3 Å². The second-order valence-electron chi connectivity index (χ2n) is 12.7. The van der Waals surface area contributed by atoms with Crippen molar-refractivity contribution >= 4 is 11.9 Å². The van der Waals surface area contributed by atoms with E-state index < -0.39 is 23.8 Å². The zero-order chi connectivity index (χ0) is 30.8. The Hall–Kier alpha value is -2.84. The highest BCUT2D eigenvalue weighted by Crippen LogP contribution is 2.38. The van der Waals surface area contributed by atoms with Gasteiger partial charge < -0.3 is 20.5 Å². The fraction of sp³-hybridized carbons (Fsp3) is 0.588. The van der Waals surface area contributed by atoms with Crippen LogP contribution < -0.4 is 10.6 Å². The molecule has 3 rings (SSSR count). The lowest BCUT2D eigenvalue weighted by atomic mass is 9.78. The van der Waals surface area contributed by atoms with Crippen molar-refractivity contribution in [1.29, 1.82) is 0 Å². The molecule has 6 nitrogen and oxygen atoms in total. The van der Waals surface area contributed by atoms with Gasteiger partial charge in [-0.2, -0.15) is 0 Å². The van der Waals surface area contributed by atoms with Gasteiger partial charge in [-0.3, -0.25) is 9.59 Å². The molecule has 8 heteroatoms. The van der Waals surface area contributed by atoms with Crippen molar-refractivity contribution in [2.24, 2.45) is 0 Å². The third kappa shape index (κ3) is 10.2. The highest BCUT2D eigenvalue weighted by molar-refractivity contribution is 5.76. The minimum Gasteiger partial charge on any atom is -0.469 e. The number of rotatable bonds is 13. The number of aliphatic hydroxyl groups is 1. The van der Waals surface area contributed by atoms with E-state index in [1.807, 2.05) is 0 Å². The minimum atomic E-state index is -1.01. The average Bonchev–Trinajstić information content (AvgIpc) is 3.19. The molecule has 2 atom stereocenters. The van der Waals surface area contributed by atoms with Crippen LogP contribution in [0.1, 0.15) is 102 Å². The van der Waals surface area contributed by atoms with Crippen molar-refractivity contribution in [3.05, 3.63) is 70.8 Å². The third-order valence-electron chi connectivity index (χ3n) is 8.34. The Labute approximate surface area is 249 Å². The van der Waals surface area contributed by atoms with E-state index in [4.69, 9.17) is 0 Å². The number of carbonyl (C=O) groups is 2. The second kappa shape index (κ2) is 15.6. The maximum Gasteiger partial charge on any atom is 0.305 e. The van der Waals surface area contributed by atoms with Gasteiger partial charge in [-0.15, -0.1) is 0 Å². The molecule has 0 aromatic heterocycles. The lowest BCUT2D eigenvalue weighted by molar-refractivity contribution is -0.140. The molecule has 232 valence electrons. The van der Waals surface area contributed by atoms with Crippen LogP contribution in [-0.4, -0.2) is 42.8 Å². The van der Waals surface area contributed by atoms with Crippen LogP contribution in [0.5, 0.6) is 0 Å². The van der Waals surface area contributed by atoms with E-state index in [0.717, 1.165) is 44.6 Å². The summed E-state index contributed by atoms with van der Waals surface area (Å²) in [4.78, 5) is 24.2. The van der Waals surface area contributed by atoms with Gasteiger partial charge in [0.25, 0.3) is 0 Å². The Balaban J connectivity index is 1.79. The number of unbranched alkanes of at least 4 members (excludes halogenated alkanes) is 1. The summed E-state index contributed by atoms with van der Waals surface area (Å²) >= 11 is 0. The molecule has 0 spiro atoms. The van der Waals surface area contributed by atoms with Gasteiger partial charge in [0.15, 0.2) is 0 Å². The number of carbonyl (C=O) groups excluding carboxylic acids is 2. The van der Waals surface area contributed by atoms with E-state index in [1.54, 1.807) is 0 Å². The predicted octanol–water partition coefficient (Wildman–Crippen LogP) is 6.22. The van der Waals surface area contributed by atoms with Gasteiger partial charge in [-0.25, -0.2) is 8.78 Å². The molecule has 1 fully saturated rings. The van der Waals surface area contributed by atoms with Gasteiger partial charge in [-0.05, 0) is 66.3 Å². The van der Waals surface area contributed by atoms with Crippen LogP contribution in [-0.2, 0) is 31.7 Å². The molecular formula is C34H48F2N2O4. The fourth-order valence-corrected chi connectivity index (χ4v) is 5.83. The summed E-state index contributed by atoms with van der Waals surface area (Å²) in [6.07, 6.45) is 6.72. The molecule has 2 unspecified atom stereocenters. The molecule has 2 aromatic carbocycles. The molecule has 1 saturated carbocycles. The molecule has 0 aliphatic heterocycles. The number of methoxy groups -OCH3 is 1. The molecule has 0 saturated heterocycles. The Morgan fingerprint density at radius 1 is 0.976 bits per heavy atom. The highest BCUT2D eigenvalue weighted by Gasteiger charge is 2.35. The summed E-state index contributed by atoms with van der Waals surface area (Å²) in [5.41, 5.74) is 2.46. The first-order chi connectivity index (χ1) is 19.9. The molecule has 0 bridgehead atoms. The van der Waals surface area contributed by atoms with Gasteiger partial charge in [0.1, 0.15) is 11.6 Å². The standard InChI is InChI=1S/C34H48F2N2O4/c1-33(2,3)25-12-11-13-26(21-25)34(16-9-5-6-10-17-34)37-23-30(39)29(20-24-18-27(35)22-28(36)19-24)38-31(40)14-7-8-15-32(41)42-4/h11-13,18-19,21-22,29-30,37,39H,5-10,14-17,20,23H2,1-4H3,(H,38,40). The Morgan fingerprint density at radius 2 is 1.62 bits per heavy atom. The summed E-state index contributed by atoms with van der Waals surface area (Å²) in [7, 11) is 1.32. The highest BCUT2D eigenvalue weighted by atomic mass is 19.1. The number of nitrogens with one attached hydrogen (secondary N) is 2. The second-order valence-corrected chi connectivity index (χ2v) is 12.7. The van der Waals surface area contributed by atoms with E-state index in [9.17, 15) is 23.5 Å². The van der Waals surface area contributed by atoms with Crippen LogP contribution in [0, 0.1) is 11.6 Å². The molecule has 1 aliphatic rings. The van der Waals surface area contributed by atoms with Crippen LogP contribution >= 0.6 is 0 Å². The van der Waals surface area contributed by atoms with E-state index in [0.29, 0.717) is 18.4 Å². The molecule has 0 radical (unpaired) electrons. The lowest BCUT2D eigenvalue weighted by Gasteiger charge is -2.38. The van der Waals surface area contributed by atoms with Crippen LogP contribution in [0.4, 0.5) is 8.78 Å². The number of halogens is 2. The van der Waals surface area contributed by atoms with Crippen molar-refractivity contribution in [3.63, 3.8) is 0 Å². The SMILES string of the molecule is COC(=O)CCCCC(=O)NC(Cc1cc(F)cc(F)c1)C(O)CNC1(c2cccc(C(C)(C)C)c2)CCCCCC1. The molecule has 1 amide bonds. The number of amides is 1. The number of esters is 1. The Bertz CT molecular complexity index is 1150. The summed E-state index contributed by atoms with van der Waals surface area (Å²) in [5, 5.41) is 18.1. The summed E-state index contributed by atoms with van der Waals surface area (Å²) in [5.74, 6) is -2.03. The van der Waals surface area contributed by atoms with Crippen molar-refractivity contribution in [1.82, 2.24) is 10.6 Å². The summed E-state index contributed by atoms with van der Waals surface area (Å²) in [6.45, 7) is 6.79. The number of hydrogen-bond acceptors (Lipinski definition) is 5. The van der Waals surface area contributed by atoms with Crippen LogP contribution in [0.15, 0.2) is 42.5 Å². The van der Waals surface area contributed by atoms with Gasteiger partial charge in [-0.1, -0.05) is 70.7 Å². The first-order valence-corrected chi connectivity index (χ1v) is 15.3. The minimum absolute atomic E-state index is 0.00605. The maximum absolute atomic E-state index is 14.0. The van der Waals surface area contributed by atoms with Crippen LogP contribution in [0.25, 0.3) is 0 Å². The summed E-state index contributed by atoms with van der Waals surface area (Å²) < 4.78 is 32.6. The monoisotopic (exact) mass is 586 g/mol. The topological polar surface area (TPSA) is 87.7 Å². The van der Waals surface area contributed by atoms with Gasteiger partial charge >= 0.3 is 5.97 Å². The number of ether oxygens (including phenoxy) is 1. The first kappa shape index (κ1) is 33.7.